The van der Waals surface area contributed by atoms with Crippen molar-refractivity contribution in [3.05, 3.63) is 71.0 Å². The summed E-state index contributed by atoms with van der Waals surface area (Å²) in [6, 6.07) is 15.6. The number of fused-ring (bicyclic) bond motifs is 4. The van der Waals surface area contributed by atoms with Gasteiger partial charge in [0.2, 0.25) is 0 Å². The van der Waals surface area contributed by atoms with Crippen LogP contribution in [0.1, 0.15) is 56.1 Å². The lowest BCUT2D eigenvalue weighted by atomic mass is 9.87. The summed E-state index contributed by atoms with van der Waals surface area (Å²) in [5, 5.41) is 2.52. The molecule has 2 atom stereocenters. The van der Waals surface area contributed by atoms with Gasteiger partial charge in [-0.3, -0.25) is 9.80 Å². The van der Waals surface area contributed by atoms with Crippen LogP contribution in [-0.4, -0.2) is 51.1 Å². The molecule has 0 aliphatic carbocycles. The van der Waals surface area contributed by atoms with E-state index >= 15 is 4.39 Å². The molecule has 0 unspecified atom stereocenters. The minimum absolute atomic E-state index is 0.0167. The third-order valence-electron chi connectivity index (χ3n) is 7.69. The Bertz CT molecular complexity index is 1340. The maximum Gasteiger partial charge on any atom is 0.118 e. The van der Waals surface area contributed by atoms with Crippen LogP contribution < -0.4 is 0 Å². The first-order valence-corrected chi connectivity index (χ1v) is 12.6. The number of aromatic nitrogens is 2. The Hall–Kier alpha value is -2.63. The molecular formula is C29H35FN4. The van der Waals surface area contributed by atoms with Gasteiger partial charge >= 0.3 is 0 Å². The van der Waals surface area contributed by atoms with Crippen molar-refractivity contribution in [1.82, 2.24) is 19.8 Å². The lowest BCUT2D eigenvalue weighted by Gasteiger charge is -2.42. The maximum atomic E-state index is 15.0. The third-order valence-corrected chi connectivity index (χ3v) is 7.69. The standard InChI is InChI=1S/C29H35FN4/c1-18-14-33(15-18)16-20-9-10-22-24(13-31-26(22)12-20)28-27-23(21-7-5-6-8-25(21)32-27)11-19(2)34(28)17-29(3,4)30/h5-10,12-13,18-19,28,31-32H,11,14-17H2,1-4H3/t19-,28-/m1/s1. The topological polar surface area (TPSA) is 38.1 Å². The fraction of sp³-hybridized carbons (Fsp3) is 0.448. The van der Waals surface area contributed by atoms with Crippen molar-refractivity contribution in [2.75, 3.05) is 19.6 Å². The Morgan fingerprint density at radius 1 is 1.03 bits per heavy atom. The molecule has 4 aromatic rings. The normalized spacial score (nSPS) is 22.4. The number of hydrogen-bond acceptors (Lipinski definition) is 2. The van der Waals surface area contributed by atoms with E-state index in [2.05, 4.69) is 82.3 Å². The number of benzene rings is 2. The number of para-hydroxylation sites is 1. The molecule has 0 spiro atoms. The molecule has 34 heavy (non-hydrogen) atoms. The van der Waals surface area contributed by atoms with E-state index in [1.54, 1.807) is 13.8 Å². The number of nitrogens with one attached hydrogen (secondary N) is 2. The van der Waals surface area contributed by atoms with Crippen LogP contribution in [0.2, 0.25) is 0 Å². The molecule has 178 valence electrons. The Labute approximate surface area is 201 Å². The Balaban J connectivity index is 1.45. The number of nitrogens with zero attached hydrogens (tertiary/aromatic N) is 2. The van der Waals surface area contributed by atoms with Gasteiger partial charge in [-0.05, 0) is 56.4 Å². The SMILES string of the molecule is CC1CN(Cc2ccc3c([C@@H]4c5[nH]c6ccccc6c5C[C@@H](C)N4CC(C)(C)F)c[nH]c3c2)C1. The summed E-state index contributed by atoms with van der Waals surface area (Å²) >= 11 is 0. The van der Waals surface area contributed by atoms with Gasteiger partial charge in [-0.25, -0.2) is 4.39 Å². The first-order valence-electron chi connectivity index (χ1n) is 12.6. The van der Waals surface area contributed by atoms with Crippen LogP contribution >= 0.6 is 0 Å². The zero-order valence-corrected chi connectivity index (χ0v) is 20.7. The van der Waals surface area contributed by atoms with Gasteiger partial charge in [0.15, 0.2) is 0 Å². The molecule has 4 heterocycles. The van der Waals surface area contributed by atoms with Crippen LogP contribution in [0.15, 0.2) is 48.7 Å². The van der Waals surface area contributed by atoms with Crippen molar-refractivity contribution < 1.29 is 4.39 Å². The number of likely N-dealkylation sites (tertiary alicyclic amines) is 1. The number of halogens is 1. The molecule has 0 radical (unpaired) electrons. The first-order chi connectivity index (χ1) is 16.3. The van der Waals surface area contributed by atoms with E-state index in [4.69, 9.17) is 0 Å². The van der Waals surface area contributed by atoms with Crippen molar-refractivity contribution in [1.29, 1.82) is 0 Å². The summed E-state index contributed by atoms with van der Waals surface area (Å²) in [4.78, 5) is 12.1. The molecule has 2 aliphatic rings. The highest BCUT2D eigenvalue weighted by Gasteiger charge is 2.39. The van der Waals surface area contributed by atoms with Gasteiger partial charge in [-0.15, -0.1) is 0 Å². The van der Waals surface area contributed by atoms with Crippen molar-refractivity contribution in [3.63, 3.8) is 0 Å². The third kappa shape index (κ3) is 3.75. The second-order valence-corrected chi connectivity index (χ2v) is 11.3. The molecule has 1 fully saturated rings. The van der Waals surface area contributed by atoms with Crippen LogP contribution in [-0.2, 0) is 13.0 Å². The van der Waals surface area contributed by atoms with Crippen molar-refractivity contribution >= 4 is 21.8 Å². The van der Waals surface area contributed by atoms with Crippen molar-refractivity contribution in [2.24, 2.45) is 5.92 Å². The lowest BCUT2D eigenvalue weighted by molar-refractivity contribution is 0.0672. The molecule has 5 heteroatoms. The quantitative estimate of drug-likeness (QED) is 0.374. The summed E-state index contributed by atoms with van der Waals surface area (Å²) in [5.74, 6) is 0.811. The van der Waals surface area contributed by atoms with Crippen LogP contribution in [0.4, 0.5) is 4.39 Å². The number of rotatable bonds is 5. The molecule has 0 bridgehead atoms. The summed E-state index contributed by atoms with van der Waals surface area (Å²) in [7, 11) is 0. The molecule has 1 saturated heterocycles. The van der Waals surface area contributed by atoms with Gasteiger partial charge < -0.3 is 9.97 Å². The van der Waals surface area contributed by atoms with Gasteiger partial charge in [0.25, 0.3) is 0 Å². The highest BCUT2D eigenvalue weighted by Crippen LogP contribution is 2.43. The van der Waals surface area contributed by atoms with Gasteiger partial charge in [0.05, 0.1) is 6.04 Å². The molecule has 2 N–H and O–H groups in total. The summed E-state index contributed by atoms with van der Waals surface area (Å²) in [6.45, 7) is 11.7. The molecule has 0 amide bonds. The van der Waals surface area contributed by atoms with Crippen LogP contribution in [0.3, 0.4) is 0 Å². The van der Waals surface area contributed by atoms with E-state index in [1.807, 2.05) is 0 Å². The fourth-order valence-corrected chi connectivity index (χ4v) is 6.26. The van der Waals surface area contributed by atoms with E-state index in [1.165, 1.54) is 46.2 Å². The Morgan fingerprint density at radius 3 is 2.59 bits per heavy atom. The lowest BCUT2D eigenvalue weighted by Crippen LogP contribution is -2.47. The molecule has 4 nitrogen and oxygen atoms in total. The molecule has 6 rings (SSSR count). The Kier molecular flexibility index (Phi) is 5.12. The van der Waals surface area contributed by atoms with Gasteiger partial charge in [-0.2, -0.15) is 0 Å². The number of alkyl halides is 1. The predicted octanol–water partition coefficient (Wildman–Crippen LogP) is 6.19. The second-order valence-electron chi connectivity index (χ2n) is 11.3. The maximum absolute atomic E-state index is 15.0. The Morgan fingerprint density at radius 2 is 1.82 bits per heavy atom. The first kappa shape index (κ1) is 21.9. The van der Waals surface area contributed by atoms with Crippen molar-refractivity contribution in [2.45, 2.75) is 58.4 Å². The summed E-state index contributed by atoms with van der Waals surface area (Å²) in [6.07, 6.45) is 3.07. The average Bonchev–Trinajstić information content (AvgIpc) is 3.33. The largest absolute Gasteiger partial charge is 0.361 e. The molecule has 2 aliphatic heterocycles. The average molecular weight is 459 g/mol. The minimum atomic E-state index is -1.27. The number of aromatic amines is 2. The van der Waals surface area contributed by atoms with Gasteiger partial charge in [-0.1, -0.05) is 37.3 Å². The summed E-state index contributed by atoms with van der Waals surface area (Å²) in [5.41, 5.74) is 6.21. The molecule has 2 aromatic heterocycles. The molecule has 2 aromatic carbocycles. The van der Waals surface area contributed by atoms with Crippen LogP contribution in [0.5, 0.6) is 0 Å². The van der Waals surface area contributed by atoms with Crippen molar-refractivity contribution in [3.8, 4) is 0 Å². The smallest absolute Gasteiger partial charge is 0.118 e. The monoisotopic (exact) mass is 458 g/mol. The highest BCUT2D eigenvalue weighted by atomic mass is 19.1. The molecule has 0 saturated carbocycles. The van der Waals surface area contributed by atoms with E-state index in [-0.39, 0.29) is 12.1 Å². The van der Waals surface area contributed by atoms with Gasteiger partial charge in [0, 0.05) is 71.5 Å². The predicted molar refractivity (Wildman–Crippen MR) is 138 cm³/mol. The summed E-state index contributed by atoms with van der Waals surface area (Å²) < 4.78 is 15.0. The zero-order valence-electron chi connectivity index (χ0n) is 20.7. The van der Waals surface area contributed by atoms with E-state index < -0.39 is 5.67 Å². The number of H-pyrrole nitrogens is 2. The zero-order chi connectivity index (χ0) is 23.6. The van der Waals surface area contributed by atoms with Gasteiger partial charge in [0.1, 0.15) is 5.67 Å². The van der Waals surface area contributed by atoms with E-state index in [9.17, 15) is 0 Å². The van der Waals surface area contributed by atoms with E-state index in [0.717, 1.165) is 29.9 Å². The minimum Gasteiger partial charge on any atom is -0.361 e. The number of hydrogen-bond donors (Lipinski definition) is 2. The fourth-order valence-electron chi connectivity index (χ4n) is 6.26. The molecular weight excluding hydrogens is 423 g/mol. The highest BCUT2D eigenvalue weighted by molar-refractivity contribution is 5.88. The second kappa shape index (κ2) is 7.96. The van der Waals surface area contributed by atoms with Crippen LogP contribution in [0, 0.1) is 5.92 Å². The van der Waals surface area contributed by atoms with E-state index in [0.29, 0.717) is 6.54 Å². The van der Waals surface area contributed by atoms with Crippen LogP contribution in [0.25, 0.3) is 21.8 Å².